The quantitative estimate of drug-likeness (QED) is 0.189. The van der Waals surface area contributed by atoms with E-state index >= 15 is 0 Å². The summed E-state index contributed by atoms with van der Waals surface area (Å²) < 4.78 is 20.5. The van der Waals surface area contributed by atoms with E-state index in [1.54, 1.807) is 0 Å². The molecule has 2 unspecified atom stereocenters. The molecule has 258 valence electrons. The fraction of sp³-hybridized carbons (Fsp3) is 0.143. The molecule has 1 fully saturated rings. The van der Waals surface area contributed by atoms with Crippen molar-refractivity contribution in [1.82, 2.24) is 0 Å². The van der Waals surface area contributed by atoms with Crippen molar-refractivity contribution < 1.29 is 14.2 Å². The molecule has 4 heteroatoms. The lowest BCUT2D eigenvalue weighted by Gasteiger charge is -2.41. The maximum atomic E-state index is 7.52. The Bertz CT molecular complexity index is 2470. The number of fused-ring (bicyclic) bond motifs is 8. The number of allylic oxidation sites excluding steroid dienone is 6. The number of anilines is 1. The number of rotatable bonds is 3. The predicted octanol–water partition coefficient (Wildman–Crippen LogP) is 10.6. The van der Waals surface area contributed by atoms with E-state index in [0.29, 0.717) is 0 Å². The summed E-state index contributed by atoms with van der Waals surface area (Å²) in [6, 6.07) is 40.8. The van der Waals surface area contributed by atoms with Gasteiger partial charge in [-0.3, -0.25) is 0 Å². The molecule has 2 atom stereocenters. The van der Waals surface area contributed by atoms with Crippen molar-refractivity contribution in [3.8, 4) is 5.75 Å². The summed E-state index contributed by atoms with van der Waals surface area (Å²) in [6.07, 6.45) is 18.2. The van der Waals surface area contributed by atoms with E-state index in [9.17, 15) is 0 Å². The second kappa shape index (κ2) is 12.5. The van der Waals surface area contributed by atoms with E-state index in [-0.39, 0.29) is 0 Å². The number of nitrogens with zero attached hydrogens (tertiary/aromatic N) is 1. The first-order valence-electron chi connectivity index (χ1n) is 18.5. The standard InChI is InChI=1S/C49H39NO3/c1-34-12-4-2-7-18-42-40-17-10-11-19-44(40)49(29-26-41-39-16-9-8-13-35(39)20-25-45(41)52-49)46(42)43-27-28-48(53-47(34)43,36-14-5-3-6-15-36)37-21-23-38(24-22-37)50-30-32-51-33-31-50/h2-17,19-29H,1,18,30-33H2/b7-2-,12-4-. The molecule has 0 radical (unpaired) electrons. The van der Waals surface area contributed by atoms with Gasteiger partial charge in [-0.05, 0) is 64.8 Å². The number of morpholine rings is 1. The van der Waals surface area contributed by atoms with Gasteiger partial charge in [-0.1, -0.05) is 134 Å². The molecular formula is C49H39NO3. The molecule has 0 N–H and O–H groups in total. The highest BCUT2D eigenvalue weighted by Gasteiger charge is 2.50. The third kappa shape index (κ3) is 5.01. The van der Waals surface area contributed by atoms with Gasteiger partial charge in [0.05, 0.1) is 13.2 Å². The first-order valence-corrected chi connectivity index (χ1v) is 18.5. The molecule has 0 saturated carbocycles. The van der Waals surface area contributed by atoms with E-state index in [2.05, 4.69) is 175 Å². The predicted molar refractivity (Wildman–Crippen MR) is 215 cm³/mol. The second-order valence-electron chi connectivity index (χ2n) is 14.2. The maximum absolute atomic E-state index is 7.52. The number of ether oxygens (including phenoxy) is 3. The van der Waals surface area contributed by atoms with Gasteiger partial charge in [0.1, 0.15) is 11.5 Å². The Morgan fingerprint density at radius 3 is 2.26 bits per heavy atom. The molecule has 3 heterocycles. The average molecular weight is 690 g/mol. The zero-order chi connectivity index (χ0) is 35.4. The van der Waals surface area contributed by atoms with Gasteiger partial charge < -0.3 is 19.1 Å². The summed E-state index contributed by atoms with van der Waals surface area (Å²) in [5.74, 6) is 1.60. The molecule has 0 bridgehead atoms. The molecule has 2 aliphatic carbocycles. The first kappa shape index (κ1) is 31.6. The Hall–Kier alpha value is -6.10. The monoisotopic (exact) mass is 689 g/mol. The van der Waals surface area contributed by atoms with Gasteiger partial charge in [0.2, 0.25) is 0 Å². The van der Waals surface area contributed by atoms with Crippen LogP contribution in [0.3, 0.4) is 0 Å². The van der Waals surface area contributed by atoms with Gasteiger partial charge >= 0.3 is 0 Å². The minimum absolute atomic E-state index is 0.737. The van der Waals surface area contributed by atoms with Crippen LogP contribution in [0.1, 0.15) is 34.2 Å². The Morgan fingerprint density at radius 1 is 0.642 bits per heavy atom. The SMILES string of the molecule is C=C1/C=C\C=C/CC2=C(C3=C1OC(c1ccccc1)(c1ccc(N4CCOCC4)cc1)C=C3)C1(C=Cc3c(ccc4ccccc34)O1)c1ccccc12. The Morgan fingerprint density at radius 2 is 1.40 bits per heavy atom. The minimum Gasteiger partial charge on any atom is -0.473 e. The largest absolute Gasteiger partial charge is 0.473 e. The Labute approximate surface area is 310 Å². The smallest absolute Gasteiger partial charge is 0.179 e. The van der Waals surface area contributed by atoms with E-state index in [1.165, 1.54) is 27.6 Å². The molecule has 1 spiro atoms. The third-order valence-corrected chi connectivity index (χ3v) is 11.3. The lowest BCUT2D eigenvalue weighted by Crippen LogP contribution is -2.37. The zero-order valence-electron chi connectivity index (χ0n) is 29.5. The van der Waals surface area contributed by atoms with Crippen LogP contribution in [0.2, 0.25) is 0 Å². The molecule has 53 heavy (non-hydrogen) atoms. The third-order valence-electron chi connectivity index (χ3n) is 11.3. The normalized spacial score (nSPS) is 24.2. The highest BCUT2D eigenvalue weighted by Crippen LogP contribution is 2.57. The van der Waals surface area contributed by atoms with Crippen molar-refractivity contribution in [1.29, 1.82) is 0 Å². The topological polar surface area (TPSA) is 30.9 Å². The van der Waals surface area contributed by atoms with Gasteiger partial charge in [0.15, 0.2) is 11.2 Å². The first-order chi connectivity index (χ1) is 26.1. The van der Waals surface area contributed by atoms with Crippen LogP contribution in [0.5, 0.6) is 5.75 Å². The van der Waals surface area contributed by atoms with Gasteiger partial charge in [0.25, 0.3) is 0 Å². The Balaban J connectivity index is 1.16. The fourth-order valence-electron chi connectivity index (χ4n) is 8.74. The number of hydrogen-bond donors (Lipinski definition) is 0. The van der Waals surface area contributed by atoms with Crippen LogP contribution < -0.4 is 9.64 Å². The van der Waals surface area contributed by atoms with Crippen LogP contribution in [-0.2, 0) is 20.7 Å². The number of benzene rings is 5. The summed E-state index contributed by atoms with van der Waals surface area (Å²) >= 11 is 0. The van der Waals surface area contributed by atoms with Crippen LogP contribution in [0.4, 0.5) is 5.69 Å². The van der Waals surface area contributed by atoms with Crippen molar-refractivity contribution in [2.24, 2.45) is 0 Å². The maximum Gasteiger partial charge on any atom is 0.179 e. The minimum atomic E-state index is -0.894. The van der Waals surface area contributed by atoms with Crippen LogP contribution in [0.15, 0.2) is 187 Å². The van der Waals surface area contributed by atoms with Crippen molar-refractivity contribution >= 4 is 28.1 Å². The Kier molecular flexibility index (Phi) is 7.48. The summed E-state index contributed by atoms with van der Waals surface area (Å²) in [4.78, 5) is 2.38. The molecule has 5 aromatic carbocycles. The van der Waals surface area contributed by atoms with E-state index in [4.69, 9.17) is 14.2 Å². The van der Waals surface area contributed by atoms with Crippen molar-refractivity contribution in [3.63, 3.8) is 0 Å². The molecule has 5 aliphatic rings. The lowest BCUT2D eigenvalue weighted by molar-refractivity contribution is 0.0781. The van der Waals surface area contributed by atoms with Crippen molar-refractivity contribution in [2.45, 2.75) is 17.6 Å². The lowest BCUT2D eigenvalue weighted by atomic mass is 9.78. The van der Waals surface area contributed by atoms with E-state index < -0.39 is 11.2 Å². The van der Waals surface area contributed by atoms with Gasteiger partial charge in [0, 0.05) is 57.8 Å². The van der Waals surface area contributed by atoms with Gasteiger partial charge in [-0.15, -0.1) is 0 Å². The van der Waals surface area contributed by atoms with E-state index in [1.807, 2.05) is 0 Å². The van der Waals surface area contributed by atoms with Crippen LogP contribution in [0, 0.1) is 0 Å². The van der Waals surface area contributed by atoms with Crippen LogP contribution >= 0.6 is 0 Å². The van der Waals surface area contributed by atoms with Crippen LogP contribution in [-0.4, -0.2) is 26.3 Å². The molecule has 5 aromatic rings. The summed E-state index contributed by atoms with van der Waals surface area (Å²) in [5.41, 5.74) is 9.01. The highest BCUT2D eigenvalue weighted by molar-refractivity contribution is 5.95. The summed E-state index contributed by atoms with van der Waals surface area (Å²) in [6.45, 7) is 7.89. The summed E-state index contributed by atoms with van der Waals surface area (Å²) in [5, 5.41) is 2.37. The average Bonchev–Trinajstić information content (AvgIpc) is 3.48. The summed E-state index contributed by atoms with van der Waals surface area (Å²) in [7, 11) is 0. The van der Waals surface area contributed by atoms with Gasteiger partial charge in [-0.25, -0.2) is 0 Å². The second-order valence-corrected chi connectivity index (χ2v) is 14.2. The fourth-order valence-corrected chi connectivity index (χ4v) is 8.74. The van der Waals surface area contributed by atoms with Crippen molar-refractivity contribution in [3.05, 3.63) is 215 Å². The molecule has 10 rings (SSSR count). The van der Waals surface area contributed by atoms with Gasteiger partial charge in [-0.2, -0.15) is 0 Å². The molecule has 1 saturated heterocycles. The number of hydrogen-bond acceptors (Lipinski definition) is 4. The van der Waals surface area contributed by atoms with Crippen molar-refractivity contribution in [2.75, 3.05) is 31.2 Å². The molecule has 3 aliphatic heterocycles. The molecule has 0 amide bonds. The molecule has 0 aromatic heterocycles. The molecular weight excluding hydrogens is 651 g/mol. The zero-order valence-corrected chi connectivity index (χ0v) is 29.5. The van der Waals surface area contributed by atoms with E-state index in [0.717, 1.165) is 83.2 Å². The van der Waals surface area contributed by atoms with Crippen LogP contribution in [0.25, 0.3) is 22.4 Å². The molecule has 4 nitrogen and oxygen atoms in total. The highest BCUT2D eigenvalue weighted by atomic mass is 16.5.